The van der Waals surface area contributed by atoms with Gasteiger partial charge in [-0.15, -0.1) is 0 Å². The second kappa shape index (κ2) is 6.35. The van der Waals surface area contributed by atoms with Crippen LogP contribution in [0.5, 0.6) is 0 Å². The van der Waals surface area contributed by atoms with Gasteiger partial charge in [-0.1, -0.05) is 40.2 Å². The third-order valence-corrected chi connectivity index (χ3v) is 2.68. The van der Waals surface area contributed by atoms with Gasteiger partial charge in [-0.3, -0.25) is 4.79 Å². The number of carbonyl (C=O) groups excluding carboxylic acids is 1. The highest BCUT2D eigenvalue weighted by atomic mass is 79.9. The van der Waals surface area contributed by atoms with E-state index in [1.54, 1.807) is 13.1 Å². The molecule has 1 aromatic rings. The minimum Gasteiger partial charge on any atom is -0.383 e. The number of halogens is 1. The Balaban J connectivity index is 2.65. The molecule has 4 heteroatoms. The van der Waals surface area contributed by atoms with Gasteiger partial charge in [-0.25, -0.2) is 4.99 Å². The van der Waals surface area contributed by atoms with Crippen molar-refractivity contribution in [2.24, 2.45) is 10.7 Å². The Morgan fingerprint density at radius 2 is 1.94 bits per heavy atom. The van der Waals surface area contributed by atoms with E-state index in [1.807, 2.05) is 31.2 Å². The van der Waals surface area contributed by atoms with E-state index in [4.69, 9.17) is 5.73 Å². The number of nitrogens with two attached hydrogens (primary N) is 1. The Bertz CT molecular complexity index is 457. The van der Waals surface area contributed by atoms with Crippen LogP contribution in [0, 0.1) is 0 Å². The van der Waals surface area contributed by atoms with Crippen LogP contribution in [0.25, 0.3) is 0 Å². The lowest BCUT2D eigenvalue weighted by atomic mass is 10.1. The Hall–Kier alpha value is -1.42. The van der Waals surface area contributed by atoms with Gasteiger partial charge in [0.15, 0.2) is 5.78 Å². The number of allylic oxidation sites excluding steroid dienone is 1. The number of hydrogen-bond donors (Lipinski definition) is 1. The van der Waals surface area contributed by atoms with Gasteiger partial charge in [0.05, 0.1) is 0 Å². The van der Waals surface area contributed by atoms with E-state index in [1.165, 1.54) is 0 Å². The molecule has 0 aliphatic heterocycles. The van der Waals surface area contributed by atoms with E-state index in [9.17, 15) is 4.79 Å². The summed E-state index contributed by atoms with van der Waals surface area (Å²) in [7, 11) is 0. The number of hydrogen-bond acceptors (Lipinski definition) is 3. The minimum atomic E-state index is 0.0762. The molecule has 0 atom stereocenters. The van der Waals surface area contributed by atoms with Crippen LogP contribution in [0.1, 0.15) is 29.8 Å². The number of rotatable bonds is 4. The standard InChI is InChI=1S/C13H15BrN2O/c1-9(14)13(15)16-8-7-11-3-5-12(6-4-11)10(2)17/h3-6,8H,7,15H2,1-2H3/b13-9+,16-8-. The Labute approximate surface area is 110 Å². The second-order valence-electron chi connectivity index (χ2n) is 3.69. The first kappa shape index (κ1) is 13.6. The van der Waals surface area contributed by atoms with Crippen LogP contribution in [0.3, 0.4) is 0 Å². The van der Waals surface area contributed by atoms with E-state index in [-0.39, 0.29) is 5.78 Å². The molecule has 2 N–H and O–H groups in total. The minimum absolute atomic E-state index is 0.0762. The maximum absolute atomic E-state index is 11.1. The Morgan fingerprint density at radius 1 is 1.35 bits per heavy atom. The highest BCUT2D eigenvalue weighted by Crippen LogP contribution is 2.08. The van der Waals surface area contributed by atoms with Crippen molar-refractivity contribution in [1.29, 1.82) is 0 Å². The van der Waals surface area contributed by atoms with Crippen molar-refractivity contribution >= 4 is 27.9 Å². The van der Waals surface area contributed by atoms with Crippen molar-refractivity contribution in [2.45, 2.75) is 20.3 Å². The fourth-order valence-electron chi connectivity index (χ4n) is 1.21. The quantitative estimate of drug-likeness (QED) is 0.685. The normalized spacial score (nSPS) is 12.6. The lowest BCUT2D eigenvalue weighted by molar-refractivity contribution is 0.101. The van der Waals surface area contributed by atoms with Crippen LogP contribution in [0.15, 0.2) is 39.6 Å². The highest BCUT2D eigenvalue weighted by molar-refractivity contribution is 9.11. The summed E-state index contributed by atoms with van der Waals surface area (Å²) in [5, 5.41) is 0. The number of aliphatic imine (C=N–C) groups is 1. The molecule has 0 fully saturated rings. The van der Waals surface area contributed by atoms with Crippen molar-refractivity contribution in [3.63, 3.8) is 0 Å². The number of ketones is 1. The summed E-state index contributed by atoms with van der Waals surface area (Å²) in [6.45, 7) is 3.40. The molecule has 0 saturated heterocycles. The molecule has 90 valence electrons. The van der Waals surface area contributed by atoms with Gasteiger partial charge in [0, 0.05) is 22.7 Å². The van der Waals surface area contributed by atoms with Crippen LogP contribution in [-0.4, -0.2) is 12.0 Å². The summed E-state index contributed by atoms with van der Waals surface area (Å²) in [5.41, 5.74) is 7.45. The van der Waals surface area contributed by atoms with Gasteiger partial charge in [0.1, 0.15) is 5.82 Å². The maximum Gasteiger partial charge on any atom is 0.159 e. The molecule has 0 saturated carbocycles. The first-order valence-corrected chi connectivity index (χ1v) is 6.04. The van der Waals surface area contributed by atoms with Gasteiger partial charge in [0.25, 0.3) is 0 Å². The monoisotopic (exact) mass is 294 g/mol. The predicted octanol–water partition coefficient (Wildman–Crippen LogP) is 3.05. The number of carbonyl (C=O) groups is 1. The zero-order valence-electron chi connectivity index (χ0n) is 9.90. The van der Waals surface area contributed by atoms with Gasteiger partial charge in [-0.05, 0) is 19.4 Å². The largest absolute Gasteiger partial charge is 0.383 e. The van der Waals surface area contributed by atoms with Crippen molar-refractivity contribution in [1.82, 2.24) is 0 Å². The number of Topliss-reactive ketones (excluding diaryl/α,β-unsaturated/α-hetero) is 1. The van der Waals surface area contributed by atoms with Crippen LogP contribution < -0.4 is 5.73 Å². The maximum atomic E-state index is 11.1. The SMILES string of the molecule is CC(=O)c1ccc(C/C=N\C(N)=C(/C)Br)cc1. The average molecular weight is 295 g/mol. The molecule has 0 unspecified atom stereocenters. The van der Waals surface area contributed by atoms with Gasteiger partial charge < -0.3 is 5.73 Å². The van der Waals surface area contributed by atoms with E-state index >= 15 is 0 Å². The average Bonchev–Trinajstić information content (AvgIpc) is 2.29. The summed E-state index contributed by atoms with van der Waals surface area (Å²) >= 11 is 3.26. The Kier molecular flexibility index (Phi) is 5.10. The highest BCUT2D eigenvalue weighted by Gasteiger charge is 1.98. The van der Waals surface area contributed by atoms with Crippen LogP contribution in [-0.2, 0) is 6.42 Å². The molecule has 0 aromatic heterocycles. The van der Waals surface area contributed by atoms with E-state index in [0.29, 0.717) is 12.2 Å². The molecule has 1 aromatic carbocycles. The molecule has 0 spiro atoms. The van der Waals surface area contributed by atoms with E-state index in [0.717, 1.165) is 15.6 Å². The summed E-state index contributed by atoms with van der Waals surface area (Å²) in [6.07, 6.45) is 2.45. The number of benzene rings is 1. The topological polar surface area (TPSA) is 55.5 Å². The molecule has 0 bridgehead atoms. The lowest BCUT2D eigenvalue weighted by Crippen LogP contribution is -1.97. The predicted molar refractivity (Wildman–Crippen MR) is 74.5 cm³/mol. The smallest absolute Gasteiger partial charge is 0.159 e. The van der Waals surface area contributed by atoms with E-state index < -0.39 is 0 Å². The third-order valence-electron chi connectivity index (χ3n) is 2.27. The molecular weight excluding hydrogens is 280 g/mol. The molecule has 17 heavy (non-hydrogen) atoms. The molecule has 0 heterocycles. The van der Waals surface area contributed by atoms with Crippen LogP contribution in [0.4, 0.5) is 0 Å². The zero-order valence-corrected chi connectivity index (χ0v) is 11.5. The fraction of sp³-hybridized carbons (Fsp3) is 0.231. The summed E-state index contributed by atoms with van der Waals surface area (Å²) in [4.78, 5) is 15.2. The molecular formula is C13H15BrN2O. The number of nitrogens with zero attached hydrogens (tertiary/aromatic N) is 1. The van der Waals surface area contributed by atoms with Crippen LogP contribution in [0.2, 0.25) is 0 Å². The molecule has 3 nitrogen and oxygen atoms in total. The zero-order chi connectivity index (χ0) is 12.8. The molecule has 0 aliphatic rings. The van der Waals surface area contributed by atoms with Crippen molar-refractivity contribution < 1.29 is 4.79 Å². The Morgan fingerprint density at radius 3 is 2.41 bits per heavy atom. The van der Waals surface area contributed by atoms with Crippen molar-refractivity contribution in [2.75, 3.05) is 0 Å². The van der Waals surface area contributed by atoms with Crippen molar-refractivity contribution in [3.05, 3.63) is 45.7 Å². The first-order valence-electron chi connectivity index (χ1n) is 5.25. The molecule has 0 radical (unpaired) electrons. The van der Waals surface area contributed by atoms with Gasteiger partial charge in [-0.2, -0.15) is 0 Å². The first-order chi connectivity index (χ1) is 8.00. The van der Waals surface area contributed by atoms with Crippen LogP contribution >= 0.6 is 15.9 Å². The summed E-state index contributed by atoms with van der Waals surface area (Å²) < 4.78 is 0.820. The summed E-state index contributed by atoms with van der Waals surface area (Å²) in [5.74, 6) is 0.553. The molecule has 0 amide bonds. The third kappa shape index (κ3) is 4.53. The van der Waals surface area contributed by atoms with Gasteiger partial charge >= 0.3 is 0 Å². The fourth-order valence-corrected chi connectivity index (χ4v) is 1.32. The summed E-state index contributed by atoms with van der Waals surface area (Å²) in [6, 6.07) is 7.48. The lowest BCUT2D eigenvalue weighted by Gasteiger charge is -1.99. The van der Waals surface area contributed by atoms with Gasteiger partial charge in [0.2, 0.25) is 0 Å². The molecule has 0 aliphatic carbocycles. The molecule has 1 rings (SSSR count). The van der Waals surface area contributed by atoms with E-state index in [2.05, 4.69) is 20.9 Å². The van der Waals surface area contributed by atoms with Crippen molar-refractivity contribution in [3.8, 4) is 0 Å². The second-order valence-corrected chi connectivity index (χ2v) is 4.88.